The number of hydrogen-bond donors (Lipinski definition) is 1. The Labute approximate surface area is 189 Å². The third kappa shape index (κ3) is 5.21. The van der Waals surface area contributed by atoms with E-state index in [4.69, 9.17) is 13.7 Å². The third-order valence-corrected chi connectivity index (χ3v) is 5.94. The highest BCUT2D eigenvalue weighted by atomic mass is 32.2. The Morgan fingerprint density at radius 3 is 2.45 bits per heavy atom. The number of carbonyl (C=O) groups is 1. The SMILES string of the molecule is O=C(NCc1ccc2c(c1)OCCO2)c1ccc(OS(=O)(=O)c2cccc([N+](=O)[O-])c2)cc1. The molecule has 0 atom stereocenters. The maximum Gasteiger partial charge on any atom is 0.339 e. The largest absolute Gasteiger partial charge is 0.486 e. The maximum absolute atomic E-state index is 12.4. The second-order valence-corrected chi connectivity index (χ2v) is 8.52. The van der Waals surface area contributed by atoms with Gasteiger partial charge in [0.15, 0.2) is 11.5 Å². The van der Waals surface area contributed by atoms with E-state index in [1.165, 1.54) is 42.5 Å². The molecular weight excluding hydrogens is 452 g/mol. The molecule has 10 nitrogen and oxygen atoms in total. The molecule has 3 aromatic rings. The van der Waals surface area contributed by atoms with Gasteiger partial charge in [-0.15, -0.1) is 0 Å². The molecule has 1 N–H and O–H groups in total. The molecule has 1 aliphatic rings. The Balaban J connectivity index is 1.39. The molecule has 3 aromatic carbocycles. The predicted octanol–water partition coefficient (Wildman–Crippen LogP) is 3.06. The highest BCUT2D eigenvalue weighted by Gasteiger charge is 2.20. The molecule has 11 heteroatoms. The van der Waals surface area contributed by atoms with Crippen LogP contribution in [0.15, 0.2) is 71.6 Å². The number of nitrogens with one attached hydrogen (secondary N) is 1. The average Bonchev–Trinajstić information content (AvgIpc) is 2.82. The second kappa shape index (κ2) is 9.17. The number of nitrogens with zero attached hydrogens (tertiary/aromatic N) is 1. The van der Waals surface area contributed by atoms with E-state index in [1.807, 2.05) is 6.07 Å². The van der Waals surface area contributed by atoms with Gasteiger partial charge in [0.05, 0.1) is 4.92 Å². The summed E-state index contributed by atoms with van der Waals surface area (Å²) in [5.74, 6) is 0.884. The molecule has 0 unspecified atom stereocenters. The van der Waals surface area contributed by atoms with Crippen LogP contribution < -0.4 is 19.0 Å². The minimum atomic E-state index is -4.28. The Kier molecular flexibility index (Phi) is 6.13. The van der Waals surface area contributed by atoms with E-state index in [0.29, 0.717) is 30.3 Å². The summed E-state index contributed by atoms with van der Waals surface area (Å²) in [5.41, 5.74) is 0.757. The van der Waals surface area contributed by atoms with Crippen LogP contribution >= 0.6 is 0 Å². The van der Waals surface area contributed by atoms with Crippen molar-refractivity contribution in [3.8, 4) is 17.2 Å². The summed E-state index contributed by atoms with van der Waals surface area (Å²) in [4.78, 5) is 22.3. The summed E-state index contributed by atoms with van der Waals surface area (Å²) >= 11 is 0. The third-order valence-electron chi connectivity index (χ3n) is 4.70. The zero-order valence-corrected chi connectivity index (χ0v) is 17.9. The number of carbonyl (C=O) groups excluding carboxylic acids is 1. The van der Waals surface area contributed by atoms with Gasteiger partial charge in [0.1, 0.15) is 23.9 Å². The van der Waals surface area contributed by atoms with Gasteiger partial charge in [-0.25, -0.2) is 0 Å². The van der Waals surface area contributed by atoms with Crippen LogP contribution in [0.3, 0.4) is 0 Å². The van der Waals surface area contributed by atoms with Crippen molar-refractivity contribution in [2.24, 2.45) is 0 Å². The van der Waals surface area contributed by atoms with Crippen molar-refractivity contribution in [3.63, 3.8) is 0 Å². The average molecular weight is 470 g/mol. The molecule has 1 heterocycles. The van der Waals surface area contributed by atoms with Gasteiger partial charge in [-0.3, -0.25) is 14.9 Å². The fourth-order valence-electron chi connectivity index (χ4n) is 3.07. The quantitative estimate of drug-likeness (QED) is 0.316. The highest BCUT2D eigenvalue weighted by molar-refractivity contribution is 7.87. The molecule has 0 fully saturated rings. The van der Waals surface area contributed by atoms with Crippen molar-refractivity contribution < 1.29 is 31.8 Å². The minimum absolute atomic E-state index is 0.0371. The van der Waals surface area contributed by atoms with Crippen LogP contribution in [-0.2, 0) is 16.7 Å². The zero-order valence-electron chi connectivity index (χ0n) is 17.1. The normalized spacial score (nSPS) is 12.6. The molecule has 0 bridgehead atoms. The first kappa shape index (κ1) is 22.1. The number of amides is 1. The number of rotatable bonds is 7. The molecule has 0 saturated heterocycles. The van der Waals surface area contributed by atoms with E-state index >= 15 is 0 Å². The van der Waals surface area contributed by atoms with Gasteiger partial charge in [-0.1, -0.05) is 12.1 Å². The number of benzene rings is 3. The Bertz CT molecular complexity index is 1310. The van der Waals surface area contributed by atoms with E-state index < -0.39 is 15.0 Å². The number of nitro groups is 1. The maximum atomic E-state index is 12.4. The first-order valence-corrected chi connectivity index (χ1v) is 11.2. The fourth-order valence-corrected chi connectivity index (χ4v) is 4.04. The van der Waals surface area contributed by atoms with Crippen LogP contribution in [0.2, 0.25) is 0 Å². The molecule has 0 aromatic heterocycles. The summed E-state index contributed by atoms with van der Waals surface area (Å²) < 4.78 is 40.8. The van der Waals surface area contributed by atoms with Crippen LogP contribution in [0, 0.1) is 10.1 Å². The van der Waals surface area contributed by atoms with Crippen LogP contribution in [0.5, 0.6) is 17.2 Å². The number of non-ortho nitro benzene ring substituents is 1. The molecule has 0 aliphatic carbocycles. The number of nitro benzene ring substituents is 1. The van der Waals surface area contributed by atoms with E-state index in [2.05, 4.69) is 5.32 Å². The van der Waals surface area contributed by atoms with Gasteiger partial charge < -0.3 is 19.0 Å². The number of ether oxygens (including phenoxy) is 2. The summed E-state index contributed by atoms with van der Waals surface area (Å²) in [5, 5.41) is 13.6. The smallest absolute Gasteiger partial charge is 0.339 e. The predicted molar refractivity (Wildman–Crippen MR) is 116 cm³/mol. The van der Waals surface area contributed by atoms with Crippen molar-refractivity contribution in [2.45, 2.75) is 11.4 Å². The Hall–Kier alpha value is -4.12. The molecule has 1 amide bonds. The van der Waals surface area contributed by atoms with Crippen molar-refractivity contribution in [1.29, 1.82) is 0 Å². The van der Waals surface area contributed by atoms with Crippen LogP contribution in [0.1, 0.15) is 15.9 Å². The monoisotopic (exact) mass is 470 g/mol. The van der Waals surface area contributed by atoms with Crippen molar-refractivity contribution >= 4 is 21.7 Å². The zero-order chi connectivity index (χ0) is 23.4. The molecule has 170 valence electrons. The standard InChI is InChI=1S/C22H18N2O8S/c25-22(23-14-15-4-9-20-21(12-15)31-11-10-30-20)16-5-7-18(8-6-16)32-33(28,29)19-3-1-2-17(13-19)24(26)27/h1-9,12-13H,10-11,14H2,(H,23,25). The van der Waals surface area contributed by atoms with Gasteiger partial charge in [-0.05, 0) is 48.0 Å². The first-order valence-electron chi connectivity index (χ1n) is 9.77. The lowest BCUT2D eigenvalue weighted by molar-refractivity contribution is -0.385. The van der Waals surface area contributed by atoms with Crippen LogP contribution in [0.4, 0.5) is 5.69 Å². The lowest BCUT2D eigenvalue weighted by Gasteiger charge is -2.19. The van der Waals surface area contributed by atoms with Crippen LogP contribution in [-0.4, -0.2) is 32.5 Å². The summed E-state index contributed by atoms with van der Waals surface area (Å²) in [6.45, 7) is 1.22. The molecular formula is C22H18N2O8S. The topological polar surface area (TPSA) is 134 Å². The van der Waals surface area contributed by atoms with E-state index in [0.717, 1.165) is 11.6 Å². The van der Waals surface area contributed by atoms with Crippen molar-refractivity contribution in [2.75, 3.05) is 13.2 Å². The number of fused-ring (bicyclic) bond motifs is 1. The van der Waals surface area contributed by atoms with E-state index in [9.17, 15) is 23.3 Å². The summed E-state index contributed by atoms with van der Waals surface area (Å²) in [6.07, 6.45) is 0. The lowest BCUT2D eigenvalue weighted by atomic mass is 10.1. The Morgan fingerprint density at radius 1 is 1.00 bits per heavy atom. The molecule has 4 rings (SSSR count). The molecule has 33 heavy (non-hydrogen) atoms. The highest BCUT2D eigenvalue weighted by Crippen LogP contribution is 2.30. The molecule has 1 aliphatic heterocycles. The van der Waals surface area contributed by atoms with Crippen LogP contribution in [0.25, 0.3) is 0 Å². The summed E-state index contributed by atoms with van der Waals surface area (Å²) in [6, 6.07) is 15.4. The first-order chi connectivity index (χ1) is 15.8. The minimum Gasteiger partial charge on any atom is -0.486 e. The van der Waals surface area contributed by atoms with E-state index in [-0.39, 0.29) is 28.8 Å². The lowest BCUT2D eigenvalue weighted by Crippen LogP contribution is -2.23. The molecule has 0 saturated carbocycles. The van der Waals surface area contributed by atoms with Gasteiger partial charge in [0.25, 0.3) is 11.6 Å². The second-order valence-electron chi connectivity index (χ2n) is 6.98. The van der Waals surface area contributed by atoms with Gasteiger partial charge >= 0.3 is 10.1 Å². The van der Waals surface area contributed by atoms with Crippen molar-refractivity contribution in [3.05, 3.63) is 88.0 Å². The van der Waals surface area contributed by atoms with Crippen molar-refractivity contribution in [1.82, 2.24) is 5.32 Å². The number of hydrogen-bond acceptors (Lipinski definition) is 8. The Morgan fingerprint density at radius 2 is 1.73 bits per heavy atom. The van der Waals surface area contributed by atoms with Gasteiger partial charge in [0.2, 0.25) is 0 Å². The van der Waals surface area contributed by atoms with E-state index in [1.54, 1.807) is 12.1 Å². The summed E-state index contributed by atoms with van der Waals surface area (Å²) in [7, 11) is -4.28. The van der Waals surface area contributed by atoms with Gasteiger partial charge in [0, 0.05) is 24.2 Å². The molecule has 0 radical (unpaired) electrons. The fraction of sp³-hybridized carbons (Fsp3) is 0.136. The van der Waals surface area contributed by atoms with Gasteiger partial charge in [-0.2, -0.15) is 8.42 Å². The molecule has 0 spiro atoms.